The molecule has 0 aromatic heterocycles. The first-order chi connectivity index (χ1) is 10.7. The monoisotopic (exact) mass is 319 g/mol. The van der Waals surface area contributed by atoms with Gasteiger partial charge in [-0.3, -0.25) is 4.79 Å². The van der Waals surface area contributed by atoms with Gasteiger partial charge in [-0.15, -0.1) is 0 Å². The maximum atomic E-state index is 12.1. The highest BCUT2D eigenvalue weighted by Crippen LogP contribution is 2.41. The van der Waals surface area contributed by atoms with E-state index in [1.807, 2.05) is 30.3 Å². The Bertz CT molecular complexity index is 564. The Morgan fingerprint density at radius 1 is 1.30 bits per heavy atom. The van der Waals surface area contributed by atoms with E-state index in [0.717, 1.165) is 12.0 Å². The van der Waals surface area contributed by atoms with Crippen LogP contribution in [0.4, 0.5) is 4.79 Å². The van der Waals surface area contributed by atoms with Crippen molar-refractivity contribution in [1.29, 1.82) is 0 Å². The molecule has 2 atom stereocenters. The number of benzene rings is 1. The van der Waals surface area contributed by atoms with Gasteiger partial charge in [0, 0.05) is 6.04 Å². The Hall–Kier alpha value is -2.04. The van der Waals surface area contributed by atoms with Crippen LogP contribution in [0.5, 0.6) is 0 Å². The number of nitrogens with one attached hydrogen (secondary N) is 1. The highest BCUT2D eigenvalue weighted by molar-refractivity contribution is 5.78. The molecule has 0 spiro atoms. The fourth-order valence-electron chi connectivity index (χ4n) is 3.24. The molecule has 1 aromatic rings. The van der Waals surface area contributed by atoms with Gasteiger partial charge in [0.2, 0.25) is 0 Å². The quantitative estimate of drug-likeness (QED) is 0.892. The zero-order chi connectivity index (χ0) is 17.1. The maximum Gasteiger partial charge on any atom is 0.407 e. The van der Waals surface area contributed by atoms with Gasteiger partial charge in [-0.1, -0.05) is 36.8 Å². The minimum absolute atomic E-state index is 0.406. The molecular weight excluding hydrogens is 294 g/mol. The number of carbonyl (C=O) groups is 2. The fourth-order valence-corrected chi connectivity index (χ4v) is 3.24. The van der Waals surface area contributed by atoms with E-state index in [1.54, 1.807) is 20.8 Å². The lowest BCUT2D eigenvalue weighted by Crippen LogP contribution is -2.51. The number of carbonyl (C=O) groups excluding carboxylic acids is 1. The predicted molar refractivity (Wildman–Crippen MR) is 87.2 cm³/mol. The molecule has 1 aliphatic rings. The minimum Gasteiger partial charge on any atom is -0.481 e. The minimum atomic E-state index is -0.974. The van der Waals surface area contributed by atoms with Crippen LogP contribution in [-0.2, 0) is 16.0 Å². The number of ether oxygens (including phenoxy) is 1. The number of alkyl carbamates (subject to hydrolysis) is 1. The molecule has 1 amide bonds. The van der Waals surface area contributed by atoms with Gasteiger partial charge in [0.15, 0.2) is 0 Å². The third-order valence-electron chi connectivity index (χ3n) is 4.26. The first kappa shape index (κ1) is 17.3. The van der Waals surface area contributed by atoms with Crippen LogP contribution in [0.1, 0.15) is 45.6 Å². The van der Waals surface area contributed by atoms with Gasteiger partial charge in [0.1, 0.15) is 5.60 Å². The van der Waals surface area contributed by atoms with Crippen molar-refractivity contribution >= 4 is 12.1 Å². The number of amides is 1. The number of aliphatic carboxylic acids is 1. The smallest absolute Gasteiger partial charge is 0.407 e. The largest absolute Gasteiger partial charge is 0.481 e. The maximum absolute atomic E-state index is 12.1. The molecule has 2 rings (SSSR count). The van der Waals surface area contributed by atoms with Crippen molar-refractivity contribution in [2.45, 2.75) is 58.1 Å². The van der Waals surface area contributed by atoms with Crippen LogP contribution in [0.15, 0.2) is 30.3 Å². The van der Waals surface area contributed by atoms with Crippen LogP contribution in [0.25, 0.3) is 0 Å². The lowest BCUT2D eigenvalue weighted by molar-refractivity contribution is -0.149. The second-order valence-electron chi connectivity index (χ2n) is 7.21. The summed E-state index contributed by atoms with van der Waals surface area (Å²) in [6.07, 6.45) is 1.84. The van der Waals surface area contributed by atoms with Crippen molar-refractivity contribution in [3.05, 3.63) is 35.9 Å². The number of carboxylic acid groups (broad SMARTS) is 1. The standard InChI is InChI=1S/C18H25NO4/c1-17(2,3)23-16(22)19-14-10-7-11-18(14,15(20)21)12-13-8-5-4-6-9-13/h4-6,8-9,14H,7,10-12H2,1-3H3,(H,19,22)(H,20,21). The van der Waals surface area contributed by atoms with Gasteiger partial charge in [-0.25, -0.2) is 4.79 Å². The third-order valence-corrected chi connectivity index (χ3v) is 4.26. The summed E-state index contributed by atoms with van der Waals surface area (Å²) in [5.74, 6) is -0.861. The molecule has 23 heavy (non-hydrogen) atoms. The van der Waals surface area contributed by atoms with Crippen LogP contribution in [0.2, 0.25) is 0 Å². The third kappa shape index (κ3) is 4.24. The van der Waals surface area contributed by atoms with Crippen LogP contribution in [0.3, 0.4) is 0 Å². The van der Waals surface area contributed by atoms with E-state index in [9.17, 15) is 14.7 Å². The van der Waals surface area contributed by atoms with E-state index in [2.05, 4.69) is 5.32 Å². The number of carboxylic acids is 1. The summed E-state index contributed by atoms with van der Waals surface area (Å²) in [6.45, 7) is 5.36. The van der Waals surface area contributed by atoms with E-state index in [-0.39, 0.29) is 0 Å². The Balaban J connectivity index is 2.17. The first-order valence-corrected chi connectivity index (χ1v) is 8.00. The summed E-state index contributed by atoms with van der Waals surface area (Å²) >= 11 is 0. The number of hydrogen-bond acceptors (Lipinski definition) is 3. The summed E-state index contributed by atoms with van der Waals surface area (Å²) < 4.78 is 5.28. The van der Waals surface area contributed by atoms with E-state index in [0.29, 0.717) is 19.3 Å². The molecule has 0 heterocycles. The molecule has 1 saturated carbocycles. The SMILES string of the molecule is CC(C)(C)OC(=O)NC1CCCC1(Cc1ccccc1)C(=O)O. The van der Waals surface area contributed by atoms with Crippen LogP contribution < -0.4 is 5.32 Å². The van der Waals surface area contributed by atoms with Crippen LogP contribution in [-0.4, -0.2) is 28.8 Å². The molecule has 126 valence electrons. The summed E-state index contributed by atoms with van der Waals surface area (Å²) in [5, 5.41) is 12.6. The normalized spacial score (nSPS) is 24.2. The number of rotatable bonds is 4. The molecule has 1 aromatic carbocycles. The second kappa shape index (κ2) is 6.60. The van der Waals surface area contributed by atoms with Gasteiger partial charge in [-0.05, 0) is 45.6 Å². The molecule has 5 heteroatoms. The van der Waals surface area contributed by atoms with Crippen molar-refractivity contribution in [1.82, 2.24) is 5.32 Å². The molecule has 0 bridgehead atoms. The predicted octanol–water partition coefficient (Wildman–Crippen LogP) is 3.38. The van der Waals surface area contributed by atoms with E-state index < -0.39 is 29.1 Å². The Morgan fingerprint density at radius 3 is 2.52 bits per heavy atom. The Morgan fingerprint density at radius 2 is 1.96 bits per heavy atom. The van der Waals surface area contributed by atoms with Crippen molar-refractivity contribution in [2.75, 3.05) is 0 Å². The topological polar surface area (TPSA) is 75.6 Å². The van der Waals surface area contributed by atoms with E-state index >= 15 is 0 Å². The molecular formula is C18H25NO4. The lowest BCUT2D eigenvalue weighted by Gasteiger charge is -2.32. The molecule has 1 aliphatic carbocycles. The second-order valence-corrected chi connectivity index (χ2v) is 7.21. The van der Waals surface area contributed by atoms with Gasteiger partial charge in [-0.2, -0.15) is 0 Å². The van der Waals surface area contributed by atoms with Crippen molar-refractivity contribution < 1.29 is 19.4 Å². The molecule has 2 unspecified atom stereocenters. The van der Waals surface area contributed by atoms with Crippen LogP contribution >= 0.6 is 0 Å². The summed E-state index contributed by atoms with van der Waals surface area (Å²) in [4.78, 5) is 24.1. The van der Waals surface area contributed by atoms with Crippen molar-refractivity contribution in [3.8, 4) is 0 Å². The highest BCUT2D eigenvalue weighted by atomic mass is 16.6. The van der Waals surface area contributed by atoms with E-state index in [4.69, 9.17) is 4.74 Å². The Labute approximate surface area is 137 Å². The molecule has 5 nitrogen and oxygen atoms in total. The highest BCUT2D eigenvalue weighted by Gasteiger charge is 2.50. The summed E-state index contributed by atoms with van der Waals surface area (Å²) in [6, 6.07) is 9.13. The molecule has 0 radical (unpaired) electrons. The van der Waals surface area contributed by atoms with E-state index in [1.165, 1.54) is 0 Å². The van der Waals surface area contributed by atoms with Gasteiger partial charge in [0.25, 0.3) is 0 Å². The fraction of sp³-hybridized carbons (Fsp3) is 0.556. The zero-order valence-corrected chi connectivity index (χ0v) is 14.0. The van der Waals surface area contributed by atoms with Crippen molar-refractivity contribution in [2.24, 2.45) is 5.41 Å². The van der Waals surface area contributed by atoms with Crippen molar-refractivity contribution in [3.63, 3.8) is 0 Å². The molecule has 0 aliphatic heterocycles. The molecule has 1 fully saturated rings. The van der Waals surface area contributed by atoms with Gasteiger partial charge < -0.3 is 15.2 Å². The van der Waals surface area contributed by atoms with Gasteiger partial charge >= 0.3 is 12.1 Å². The lowest BCUT2D eigenvalue weighted by atomic mass is 9.77. The first-order valence-electron chi connectivity index (χ1n) is 8.00. The van der Waals surface area contributed by atoms with Crippen LogP contribution in [0, 0.1) is 5.41 Å². The summed E-state index contributed by atoms with van der Waals surface area (Å²) in [7, 11) is 0. The van der Waals surface area contributed by atoms with Gasteiger partial charge in [0.05, 0.1) is 5.41 Å². The summed E-state index contributed by atoms with van der Waals surface area (Å²) in [5.41, 5.74) is -0.612. The number of hydrogen-bond donors (Lipinski definition) is 2. The Kier molecular flexibility index (Phi) is 4.97. The average Bonchev–Trinajstić information content (AvgIpc) is 2.81. The zero-order valence-electron chi connectivity index (χ0n) is 14.0. The average molecular weight is 319 g/mol. The molecule has 0 saturated heterocycles. The molecule has 2 N–H and O–H groups in total.